The summed E-state index contributed by atoms with van der Waals surface area (Å²) in [4.78, 5) is 0. The molecular weight excluding hydrogens is 331 g/mol. The van der Waals surface area contributed by atoms with Crippen LogP contribution < -0.4 is 0 Å². The van der Waals surface area contributed by atoms with Gasteiger partial charge < -0.3 is 0 Å². The average Bonchev–Trinajstić information content (AvgIpc) is 3.20. The van der Waals surface area contributed by atoms with Crippen molar-refractivity contribution < 1.29 is 26.2 Å². The quantitative estimate of drug-likeness (QED) is 0.392. The van der Waals surface area contributed by atoms with Gasteiger partial charge in [-0.15, -0.1) is 34.5 Å². The van der Waals surface area contributed by atoms with E-state index in [0.717, 1.165) is 0 Å². The van der Waals surface area contributed by atoms with Gasteiger partial charge in [0.15, 0.2) is 0 Å². The Morgan fingerprint density at radius 2 is 1.33 bits per heavy atom. The van der Waals surface area contributed by atoms with Gasteiger partial charge >= 0.3 is 26.2 Å². The number of rotatable bonds is 1. The Morgan fingerprint density at radius 1 is 0.667 bits per heavy atom. The Hall–Kier alpha value is -1.72. The molecule has 0 nitrogen and oxygen atoms in total. The van der Waals surface area contributed by atoms with Gasteiger partial charge in [0.25, 0.3) is 0 Å². The summed E-state index contributed by atoms with van der Waals surface area (Å²) in [6.07, 6.45) is 0. The standard InChI is InChI=1S/C15H11.C5H5.Zr/c1-2-6-12(7-3-1)15-10-13-8-4-5-9-14(13)11-15;1-2-4-5-3-1;/h1-11H;1-5H;/q2*-1;+2. The zero-order valence-electron chi connectivity index (χ0n) is 11.7. The SMILES string of the molecule is [Zr+2].c1cc[cH-]c1.c1ccc(-c2cc3ccccc3[cH-]2)cc1. The molecule has 1 heteroatoms. The summed E-state index contributed by atoms with van der Waals surface area (Å²) in [6.45, 7) is 0. The summed E-state index contributed by atoms with van der Waals surface area (Å²) in [5.41, 5.74) is 2.59. The summed E-state index contributed by atoms with van der Waals surface area (Å²) in [6, 6.07) is 33.4. The van der Waals surface area contributed by atoms with E-state index in [9.17, 15) is 0 Å². The van der Waals surface area contributed by atoms with Crippen molar-refractivity contribution in [2.24, 2.45) is 0 Å². The van der Waals surface area contributed by atoms with Crippen LogP contribution in [0.1, 0.15) is 0 Å². The molecule has 4 aromatic carbocycles. The first-order valence-electron chi connectivity index (χ1n) is 6.81. The van der Waals surface area contributed by atoms with Crippen molar-refractivity contribution in [1.29, 1.82) is 0 Å². The number of hydrogen-bond donors (Lipinski definition) is 0. The minimum absolute atomic E-state index is 0. The molecule has 0 heterocycles. The second-order valence-corrected chi connectivity index (χ2v) is 4.70. The van der Waals surface area contributed by atoms with Gasteiger partial charge in [-0.25, -0.2) is 12.1 Å². The third-order valence-electron chi connectivity index (χ3n) is 3.28. The molecule has 0 aliphatic heterocycles. The van der Waals surface area contributed by atoms with Gasteiger partial charge in [0, 0.05) is 0 Å². The Kier molecular flexibility index (Phi) is 5.90. The van der Waals surface area contributed by atoms with E-state index in [0.29, 0.717) is 0 Å². The molecule has 4 rings (SSSR count). The van der Waals surface area contributed by atoms with Gasteiger partial charge in [-0.3, -0.25) is 0 Å². The topological polar surface area (TPSA) is 0 Å². The summed E-state index contributed by atoms with van der Waals surface area (Å²) < 4.78 is 0. The van der Waals surface area contributed by atoms with Crippen LogP contribution in [0.4, 0.5) is 0 Å². The molecule has 0 unspecified atom stereocenters. The van der Waals surface area contributed by atoms with Gasteiger partial charge in [-0.2, -0.15) is 18.2 Å². The van der Waals surface area contributed by atoms with Crippen molar-refractivity contribution in [1.82, 2.24) is 0 Å². The van der Waals surface area contributed by atoms with E-state index in [1.165, 1.54) is 21.9 Å². The molecule has 0 N–H and O–H groups in total. The molecule has 0 amide bonds. The Balaban J connectivity index is 0.000000231. The maximum absolute atomic E-state index is 2.24. The molecule has 0 fully saturated rings. The predicted molar refractivity (Wildman–Crippen MR) is 87.0 cm³/mol. The Morgan fingerprint density at radius 3 is 1.95 bits per heavy atom. The first kappa shape index (κ1) is 15.7. The van der Waals surface area contributed by atoms with E-state index in [1.807, 2.05) is 36.4 Å². The van der Waals surface area contributed by atoms with Gasteiger partial charge in [0.2, 0.25) is 0 Å². The summed E-state index contributed by atoms with van der Waals surface area (Å²) in [5.74, 6) is 0. The zero-order chi connectivity index (χ0) is 13.6. The van der Waals surface area contributed by atoms with E-state index in [4.69, 9.17) is 0 Å². The third-order valence-corrected chi connectivity index (χ3v) is 3.28. The molecule has 21 heavy (non-hydrogen) atoms. The third kappa shape index (κ3) is 4.12. The number of hydrogen-bond acceptors (Lipinski definition) is 0. The monoisotopic (exact) mass is 346 g/mol. The fraction of sp³-hybridized carbons (Fsp3) is 0. The van der Waals surface area contributed by atoms with Gasteiger partial charge in [-0.05, 0) is 0 Å². The molecule has 0 atom stereocenters. The molecule has 0 saturated carbocycles. The number of fused-ring (bicyclic) bond motifs is 1. The average molecular weight is 348 g/mol. The summed E-state index contributed by atoms with van der Waals surface area (Å²) >= 11 is 0. The van der Waals surface area contributed by atoms with Crippen LogP contribution in [0, 0.1) is 0 Å². The van der Waals surface area contributed by atoms with Crippen LogP contribution in [0.5, 0.6) is 0 Å². The maximum atomic E-state index is 2.24. The smallest absolute Gasteiger partial charge is 0.214 e. The van der Waals surface area contributed by atoms with Gasteiger partial charge in [0.05, 0.1) is 0 Å². The van der Waals surface area contributed by atoms with E-state index >= 15 is 0 Å². The molecule has 0 aliphatic carbocycles. The van der Waals surface area contributed by atoms with Crippen LogP contribution >= 0.6 is 0 Å². The van der Waals surface area contributed by atoms with Crippen molar-refractivity contribution in [3.05, 3.63) is 97.1 Å². The van der Waals surface area contributed by atoms with E-state index < -0.39 is 0 Å². The zero-order valence-corrected chi connectivity index (χ0v) is 14.2. The minimum Gasteiger partial charge on any atom is -0.214 e. The second-order valence-electron chi connectivity index (χ2n) is 4.70. The Labute approximate surface area is 144 Å². The minimum atomic E-state index is 0. The molecule has 0 saturated heterocycles. The van der Waals surface area contributed by atoms with Crippen molar-refractivity contribution in [3.63, 3.8) is 0 Å². The van der Waals surface area contributed by atoms with Crippen molar-refractivity contribution in [2.45, 2.75) is 0 Å². The van der Waals surface area contributed by atoms with Crippen LogP contribution in [0.3, 0.4) is 0 Å². The summed E-state index contributed by atoms with van der Waals surface area (Å²) in [5, 5.41) is 2.63. The van der Waals surface area contributed by atoms with E-state index in [2.05, 4.69) is 60.7 Å². The van der Waals surface area contributed by atoms with Crippen molar-refractivity contribution in [2.75, 3.05) is 0 Å². The fourth-order valence-corrected chi connectivity index (χ4v) is 2.27. The fourth-order valence-electron chi connectivity index (χ4n) is 2.27. The molecule has 0 radical (unpaired) electrons. The molecule has 0 bridgehead atoms. The van der Waals surface area contributed by atoms with Gasteiger partial charge in [-0.1, -0.05) is 54.1 Å². The molecule has 100 valence electrons. The predicted octanol–water partition coefficient (Wildman–Crippen LogP) is 5.63. The van der Waals surface area contributed by atoms with Crippen molar-refractivity contribution in [3.8, 4) is 11.1 Å². The van der Waals surface area contributed by atoms with E-state index in [1.54, 1.807) is 0 Å². The van der Waals surface area contributed by atoms with Gasteiger partial charge in [0.1, 0.15) is 0 Å². The molecule has 4 aromatic rings. The first-order valence-corrected chi connectivity index (χ1v) is 6.81. The molecule has 0 aromatic heterocycles. The summed E-state index contributed by atoms with van der Waals surface area (Å²) in [7, 11) is 0. The number of benzene rings is 2. The normalized spacial score (nSPS) is 9.52. The Bertz CT molecular complexity index is 699. The van der Waals surface area contributed by atoms with Crippen LogP contribution in [0.2, 0.25) is 0 Å². The molecular formula is C20H16Zr. The molecule has 0 aliphatic rings. The van der Waals surface area contributed by atoms with Crippen LogP contribution in [-0.2, 0) is 26.2 Å². The van der Waals surface area contributed by atoms with Crippen molar-refractivity contribution >= 4 is 10.8 Å². The van der Waals surface area contributed by atoms with Crippen LogP contribution in [-0.4, -0.2) is 0 Å². The van der Waals surface area contributed by atoms with Crippen LogP contribution in [0.15, 0.2) is 97.1 Å². The van der Waals surface area contributed by atoms with E-state index in [-0.39, 0.29) is 26.2 Å². The molecule has 0 spiro atoms. The first-order chi connectivity index (χ1) is 9.93. The van der Waals surface area contributed by atoms with Crippen LogP contribution in [0.25, 0.3) is 21.9 Å². The largest absolute Gasteiger partial charge is 2.00 e. The maximum Gasteiger partial charge on any atom is 2.00 e. The second kappa shape index (κ2) is 7.91.